The molecule has 0 aromatic rings. The Kier molecular flexibility index (Phi) is 6.50. The molecule has 1 amide bonds. The highest BCUT2D eigenvalue weighted by molar-refractivity contribution is 6.18. The fourth-order valence-corrected chi connectivity index (χ4v) is 2.07. The minimum atomic E-state index is 0.0764. The van der Waals surface area contributed by atoms with Crippen LogP contribution in [0.4, 0.5) is 0 Å². The van der Waals surface area contributed by atoms with Crippen molar-refractivity contribution in [3.63, 3.8) is 0 Å². The van der Waals surface area contributed by atoms with Gasteiger partial charge in [-0.15, -0.1) is 11.6 Å². The average Bonchev–Trinajstić information content (AvgIpc) is 2.28. The van der Waals surface area contributed by atoms with Gasteiger partial charge >= 0.3 is 0 Å². The number of halogens is 1. The third-order valence-electron chi connectivity index (χ3n) is 2.97. The van der Waals surface area contributed by atoms with E-state index in [1.807, 2.05) is 6.08 Å². The van der Waals surface area contributed by atoms with E-state index >= 15 is 0 Å². The van der Waals surface area contributed by atoms with Crippen LogP contribution in [-0.4, -0.2) is 42.9 Å². The number of carbonyl (C=O) groups excluding carboxylic acids is 1. The zero-order valence-electron chi connectivity index (χ0n) is 9.92. The molecule has 1 saturated heterocycles. The van der Waals surface area contributed by atoms with Gasteiger partial charge in [-0.1, -0.05) is 12.2 Å². The van der Waals surface area contributed by atoms with Crippen molar-refractivity contribution < 1.29 is 4.79 Å². The Labute approximate surface area is 103 Å². The summed E-state index contributed by atoms with van der Waals surface area (Å²) in [5, 5.41) is 2.89. The van der Waals surface area contributed by atoms with Crippen molar-refractivity contribution in [2.45, 2.75) is 19.8 Å². The number of hydrogen-bond donors (Lipinski definition) is 1. The van der Waals surface area contributed by atoms with E-state index in [9.17, 15) is 4.79 Å². The van der Waals surface area contributed by atoms with Crippen molar-refractivity contribution >= 4 is 17.5 Å². The van der Waals surface area contributed by atoms with Crippen LogP contribution in [0.1, 0.15) is 19.8 Å². The number of rotatable bonds is 5. The zero-order chi connectivity index (χ0) is 11.8. The van der Waals surface area contributed by atoms with Crippen molar-refractivity contribution in [2.75, 3.05) is 32.1 Å². The van der Waals surface area contributed by atoms with Gasteiger partial charge in [0.2, 0.25) is 5.91 Å². The van der Waals surface area contributed by atoms with Crippen LogP contribution < -0.4 is 5.32 Å². The molecule has 0 atom stereocenters. The van der Waals surface area contributed by atoms with Gasteiger partial charge in [-0.2, -0.15) is 0 Å². The highest BCUT2D eigenvalue weighted by atomic mass is 35.5. The van der Waals surface area contributed by atoms with E-state index in [0.717, 1.165) is 26.2 Å². The molecule has 0 radical (unpaired) electrons. The molecule has 0 aliphatic carbocycles. The Bertz CT molecular complexity index is 235. The van der Waals surface area contributed by atoms with Crippen LogP contribution in [-0.2, 0) is 4.79 Å². The molecule has 0 spiro atoms. The Hall–Kier alpha value is -0.540. The molecule has 0 unspecified atom stereocenters. The number of nitrogens with zero attached hydrogens (tertiary/aromatic N) is 1. The summed E-state index contributed by atoms with van der Waals surface area (Å²) in [6.07, 6.45) is 6.47. The fraction of sp³-hybridized carbons (Fsp3) is 0.750. The number of piperidine rings is 1. The summed E-state index contributed by atoms with van der Waals surface area (Å²) in [6, 6.07) is 0. The van der Waals surface area contributed by atoms with Gasteiger partial charge in [0.15, 0.2) is 0 Å². The Balaban J connectivity index is 2.13. The maximum Gasteiger partial charge on any atom is 0.216 e. The molecular weight excluding hydrogens is 224 g/mol. The SMILES string of the molecule is CC(=O)NCC1CCN(C/C=C/CCl)CC1. The van der Waals surface area contributed by atoms with Crippen LogP contribution in [0.25, 0.3) is 0 Å². The number of nitrogens with one attached hydrogen (secondary N) is 1. The van der Waals surface area contributed by atoms with E-state index in [1.54, 1.807) is 6.92 Å². The van der Waals surface area contributed by atoms with Crippen molar-refractivity contribution in [1.82, 2.24) is 10.2 Å². The second-order valence-corrected chi connectivity index (χ2v) is 4.62. The van der Waals surface area contributed by atoms with Crippen molar-refractivity contribution in [3.8, 4) is 0 Å². The van der Waals surface area contributed by atoms with Crippen LogP contribution in [0.5, 0.6) is 0 Å². The van der Waals surface area contributed by atoms with Crippen LogP contribution >= 0.6 is 11.6 Å². The van der Waals surface area contributed by atoms with E-state index in [-0.39, 0.29) is 5.91 Å². The van der Waals surface area contributed by atoms with Crippen LogP contribution in [0, 0.1) is 5.92 Å². The summed E-state index contributed by atoms with van der Waals surface area (Å²) in [4.78, 5) is 13.2. The number of alkyl halides is 1. The number of amides is 1. The lowest BCUT2D eigenvalue weighted by atomic mass is 9.97. The van der Waals surface area contributed by atoms with Crippen LogP contribution in [0.2, 0.25) is 0 Å². The molecule has 1 aliphatic heterocycles. The Morgan fingerprint density at radius 1 is 1.44 bits per heavy atom. The van der Waals surface area contributed by atoms with Gasteiger partial charge in [0.25, 0.3) is 0 Å². The minimum Gasteiger partial charge on any atom is -0.356 e. The van der Waals surface area contributed by atoms with E-state index in [1.165, 1.54) is 12.8 Å². The van der Waals surface area contributed by atoms with Gasteiger partial charge in [-0.05, 0) is 31.8 Å². The van der Waals surface area contributed by atoms with Gasteiger partial charge in [0.05, 0.1) is 0 Å². The smallest absolute Gasteiger partial charge is 0.216 e. The second-order valence-electron chi connectivity index (χ2n) is 4.31. The van der Waals surface area contributed by atoms with Gasteiger partial charge in [0, 0.05) is 25.9 Å². The molecule has 0 aromatic carbocycles. The predicted molar refractivity (Wildman–Crippen MR) is 67.7 cm³/mol. The quantitative estimate of drug-likeness (QED) is 0.589. The molecule has 1 fully saturated rings. The van der Waals surface area contributed by atoms with Crippen LogP contribution in [0.15, 0.2) is 12.2 Å². The lowest BCUT2D eigenvalue weighted by Crippen LogP contribution is -2.38. The molecule has 1 rings (SSSR count). The Morgan fingerprint density at radius 3 is 2.69 bits per heavy atom. The summed E-state index contributed by atoms with van der Waals surface area (Å²) >= 11 is 5.57. The standard InChI is InChI=1S/C12H21ClN2O/c1-11(16)14-10-12-4-8-15(9-5-12)7-3-2-6-13/h2-3,12H,4-10H2,1H3,(H,14,16)/b3-2+. The number of allylic oxidation sites excluding steroid dienone is 1. The molecule has 16 heavy (non-hydrogen) atoms. The molecule has 1 heterocycles. The first kappa shape index (κ1) is 13.5. The van der Waals surface area contributed by atoms with E-state index in [0.29, 0.717) is 11.8 Å². The van der Waals surface area contributed by atoms with Crippen molar-refractivity contribution in [3.05, 3.63) is 12.2 Å². The summed E-state index contributed by atoms with van der Waals surface area (Å²) in [5.41, 5.74) is 0. The summed E-state index contributed by atoms with van der Waals surface area (Å²) in [7, 11) is 0. The third kappa shape index (κ3) is 5.52. The number of carbonyl (C=O) groups is 1. The predicted octanol–water partition coefficient (Wildman–Crippen LogP) is 1.63. The zero-order valence-corrected chi connectivity index (χ0v) is 10.7. The lowest BCUT2D eigenvalue weighted by molar-refractivity contribution is -0.119. The summed E-state index contributed by atoms with van der Waals surface area (Å²) < 4.78 is 0. The fourth-order valence-electron chi connectivity index (χ4n) is 1.95. The van der Waals surface area contributed by atoms with E-state index in [2.05, 4.69) is 16.3 Å². The van der Waals surface area contributed by atoms with Gasteiger partial charge in [-0.3, -0.25) is 9.69 Å². The average molecular weight is 245 g/mol. The first-order chi connectivity index (χ1) is 7.72. The van der Waals surface area contributed by atoms with Gasteiger partial charge in [0.1, 0.15) is 0 Å². The normalized spacial score (nSPS) is 19.1. The number of hydrogen-bond acceptors (Lipinski definition) is 2. The molecular formula is C12H21ClN2O. The first-order valence-corrected chi connectivity index (χ1v) is 6.43. The molecule has 1 N–H and O–H groups in total. The van der Waals surface area contributed by atoms with Crippen molar-refractivity contribution in [1.29, 1.82) is 0 Å². The largest absolute Gasteiger partial charge is 0.356 e. The first-order valence-electron chi connectivity index (χ1n) is 5.90. The maximum atomic E-state index is 10.8. The minimum absolute atomic E-state index is 0.0764. The van der Waals surface area contributed by atoms with Gasteiger partial charge < -0.3 is 5.32 Å². The highest BCUT2D eigenvalue weighted by Crippen LogP contribution is 2.15. The molecule has 0 aromatic heterocycles. The topological polar surface area (TPSA) is 32.3 Å². The third-order valence-corrected chi connectivity index (χ3v) is 3.14. The monoisotopic (exact) mass is 244 g/mol. The number of likely N-dealkylation sites (tertiary alicyclic amines) is 1. The molecule has 92 valence electrons. The molecule has 1 aliphatic rings. The molecule has 0 bridgehead atoms. The lowest BCUT2D eigenvalue weighted by Gasteiger charge is -2.31. The van der Waals surface area contributed by atoms with Crippen molar-refractivity contribution in [2.24, 2.45) is 5.92 Å². The molecule has 3 nitrogen and oxygen atoms in total. The molecule has 0 saturated carbocycles. The van der Waals surface area contributed by atoms with Crippen LogP contribution in [0.3, 0.4) is 0 Å². The summed E-state index contributed by atoms with van der Waals surface area (Å²) in [5.74, 6) is 1.32. The molecule has 4 heteroatoms. The summed E-state index contributed by atoms with van der Waals surface area (Å²) in [6.45, 7) is 5.65. The maximum absolute atomic E-state index is 10.8. The van der Waals surface area contributed by atoms with E-state index < -0.39 is 0 Å². The van der Waals surface area contributed by atoms with E-state index in [4.69, 9.17) is 11.6 Å². The van der Waals surface area contributed by atoms with Gasteiger partial charge in [-0.25, -0.2) is 0 Å². The Morgan fingerprint density at radius 2 is 2.12 bits per heavy atom. The highest BCUT2D eigenvalue weighted by Gasteiger charge is 2.18. The second kappa shape index (κ2) is 7.69.